The number of likely N-dealkylation sites (tertiary alicyclic amines) is 1. The summed E-state index contributed by atoms with van der Waals surface area (Å²) in [5.41, 5.74) is 2.16. The third-order valence-electron chi connectivity index (χ3n) is 7.33. The molecule has 0 aliphatic carbocycles. The number of piperidine rings is 1. The number of rotatable bonds is 8. The molecule has 0 radical (unpaired) electrons. The molecule has 0 unspecified atom stereocenters. The molecule has 6 nitrogen and oxygen atoms in total. The number of nitrogens with one attached hydrogen (secondary N) is 1. The zero-order valence-electron chi connectivity index (χ0n) is 22.5. The van der Waals surface area contributed by atoms with Gasteiger partial charge in [-0.15, -0.1) is 35.0 Å². The van der Waals surface area contributed by atoms with Crippen LogP contribution in [0.1, 0.15) is 24.1 Å². The maximum absolute atomic E-state index is 5.98. The van der Waals surface area contributed by atoms with Crippen LogP contribution in [0.2, 0.25) is 0 Å². The first-order valence-corrected chi connectivity index (χ1v) is 13.2. The van der Waals surface area contributed by atoms with Crippen molar-refractivity contribution in [1.82, 2.24) is 15.1 Å². The molecule has 40 heavy (non-hydrogen) atoms. The molecule has 0 bridgehead atoms. The van der Waals surface area contributed by atoms with Gasteiger partial charge in [-0.3, -0.25) is 4.90 Å². The number of hydrogen-bond acceptors (Lipinski definition) is 6. The SMILES string of the molecule is COc1ccc2c(NC3CCN(Cc4ccc5ccccc5c4)CC3)nnc(COc3ccccc3)c2c1.Cl.Cl. The van der Waals surface area contributed by atoms with Gasteiger partial charge in [-0.05, 0) is 65.6 Å². The van der Waals surface area contributed by atoms with Crippen molar-refractivity contribution in [3.05, 3.63) is 102 Å². The Labute approximate surface area is 247 Å². The third kappa shape index (κ3) is 6.76. The van der Waals surface area contributed by atoms with Crippen LogP contribution >= 0.6 is 24.8 Å². The van der Waals surface area contributed by atoms with Crippen LogP contribution in [0.15, 0.2) is 91.0 Å². The van der Waals surface area contributed by atoms with Crippen molar-refractivity contribution < 1.29 is 9.47 Å². The van der Waals surface area contributed by atoms with Gasteiger partial charge in [0.05, 0.1) is 7.11 Å². The lowest BCUT2D eigenvalue weighted by atomic mass is 10.0. The first-order valence-electron chi connectivity index (χ1n) is 13.2. The Kier molecular flexibility index (Phi) is 10.0. The highest BCUT2D eigenvalue weighted by Gasteiger charge is 2.21. The molecule has 0 atom stereocenters. The van der Waals surface area contributed by atoms with Gasteiger partial charge in [0.1, 0.15) is 23.8 Å². The number of halogens is 2. The smallest absolute Gasteiger partial charge is 0.156 e. The summed E-state index contributed by atoms with van der Waals surface area (Å²) in [4.78, 5) is 2.54. The van der Waals surface area contributed by atoms with E-state index in [1.807, 2.05) is 42.5 Å². The van der Waals surface area contributed by atoms with E-state index in [0.717, 1.165) is 66.3 Å². The highest BCUT2D eigenvalue weighted by atomic mass is 35.5. The van der Waals surface area contributed by atoms with Crippen LogP contribution in [0.3, 0.4) is 0 Å². The Bertz CT molecular complexity index is 1540. The molecule has 1 saturated heterocycles. The quantitative estimate of drug-likeness (QED) is 0.209. The van der Waals surface area contributed by atoms with E-state index in [1.165, 1.54) is 16.3 Å². The van der Waals surface area contributed by atoms with Crippen LogP contribution in [0.4, 0.5) is 5.82 Å². The third-order valence-corrected chi connectivity index (χ3v) is 7.33. The molecule has 1 aromatic heterocycles. The van der Waals surface area contributed by atoms with Crippen LogP contribution in [-0.2, 0) is 13.2 Å². The van der Waals surface area contributed by atoms with Gasteiger partial charge >= 0.3 is 0 Å². The first kappa shape index (κ1) is 29.4. The molecule has 1 N–H and O–H groups in total. The Morgan fingerprint density at radius 1 is 0.775 bits per heavy atom. The van der Waals surface area contributed by atoms with Crippen LogP contribution in [0, 0.1) is 0 Å². The fourth-order valence-corrected chi connectivity index (χ4v) is 5.22. The lowest BCUT2D eigenvalue weighted by Gasteiger charge is -2.32. The number of aromatic nitrogens is 2. The Balaban J connectivity index is 0.00000185. The van der Waals surface area contributed by atoms with E-state index in [4.69, 9.17) is 9.47 Å². The van der Waals surface area contributed by atoms with Gasteiger partial charge in [0, 0.05) is 36.4 Å². The Morgan fingerprint density at radius 3 is 2.30 bits per heavy atom. The second-order valence-electron chi connectivity index (χ2n) is 9.88. The number of nitrogens with zero attached hydrogens (tertiary/aromatic N) is 3. The van der Waals surface area contributed by atoms with E-state index in [-0.39, 0.29) is 24.8 Å². The molecule has 1 fully saturated rings. The monoisotopic (exact) mass is 576 g/mol. The molecule has 1 aliphatic rings. The van der Waals surface area contributed by atoms with Crippen molar-refractivity contribution in [2.75, 3.05) is 25.5 Å². The van der Waals surface area contributed by atoms with Crippen molar-refractivity contribution in [3.8, 4) is 11.5 Å². The molecule has 0 saturated carbocycles. The summed E-state index contributed by atoms with van der Waals surface area (Å²) in [6.07, 6.45) is 2.12. The van der Waals surface area contributed by atoms with E-state index >= 15 is 0 Å². The van der Waals surface area contributed by atoms with Gasteiger partial charge in [0.15, 0.2) is 5.82 Å². The average Bonchev–Trinajstić information content (AvgIpc) is 2.98. The second kappa shape index (κ2) is 13.7. The number of ether oxygens (including phenoxy) is 2. The fourth-order valence-electron chi connectivity index (χ4n) is 5.22. The van der Waals surface area contributed by atoms with Crippen molar-refractivity contribution in [3.63, 3.8) is 0 Å². The van der Waals surface area contributed by atoms with Gasteiger partial charge in [-0.2, -0.15) is 0 Å². The summed E-state index contributed by atoms with van der Waals surface area (Å²) in [6.45, 7) is 3.42. The number of para-hydroxylation sites is 1. The molecule has 5 aromatic rings. The molecular formula is C32H34Cl2N4O2. The van der Waals surface area contributed by atoms with E-state index in [0.29, 0.717) is 12.6 Å². The molecule has 0 amide bonds. The summed E-state index contributed by atoms with van der Waals surface area (Å²) < 4.78 is 11.5. The highest BCUT2D eigenvalue weighted by Crippen LogP contribution is 2.29. The van der Waals surface area contributed by atoms with E-state index in [9.17, 15) is 0 Å². The van der Waals surface area contributed by atoms with Gasteiger partial charge < -0.3 is 14.8 Å². The number of hydrogen-bond donors (Lipinski definition) is 1. The average molecular weight is 578 g/mol. The zero-order chi connectivity index (χ0) is 25.7. The predicted molar refractivity (Wildman–Crippen MR) is 167 cm³/mol. The number of methoxy groups -OCH3 is 1. The fraction of sp³-hybridized carbons (Fsp3) is 0.250. The van der Waals surface area contributed by atoms with Gasteiger partial charge in [-0.25, -0.2) is 0 Å². The van der Waals surface area contributed by atoms with E-state index < -0.39 is 0 Å². The minimum absolute atomic E-state index is 0. The van der Waals surface area contributed by atoms with Crippen molar-refractivity contribution in [2.45, 2.75) is 32.0 Å². The van der Waals surface area contributed by atoms with E-state index in [1.54, 1.807) is 7.11 Å². The highest BCUT2D eigenvalue weighted by molar-refractivity contribution is 5.94. The number of benzene rings is 4. The van der Waals surface area contributed by atoms with Gasteiger partial charge in [-0.1, -0.05) is 54.6 Å². The van der Waals surface area contributed by atoms with Crippen LogP contribution in [0.5, 0.6) is 11.5 Å². The molecule has 208 valence electrons. The van der Waals surface area contributed by atoms with Crippen LogP contribution in [0.25, 0.3) is 21.5 Å². The number of fused-ring (bicyclic) bond motifs is 2. The molecule has 0 spiro atoms. The van der Waals surface area contributed by atoms with E-state index in [2.05, 4.69) is 68.9 Å². The summed E-state index contributed by atoms with van der Waals surface area (Å²) in [5.74, 6) is 2.42. The normalized spacial score (nSPS) is 13.8. The first-order chi connectivity index (χ1) is 18.7. The second-order valence-corrected chi connectivity index (χ2v) is 9.88. The topological polar surface area (TPSA) is 59.5 Å². The number of anilines is 1. The van der Waals surface area contributed by atoms with Crippen molar-refractivity contribution >= 4 is 52.2 Å². The van der Waals surface area contributed by atoms with Crippen LogP contribution < -0.4 is 14.8 Å². The molecule has 8 heteroatoms. The summed E-state index contributed by atoms with van der Waals surface area (Å²) >= 11 is 0. The minimum atomic E-state index is 0. The molecule has 2 heterocycles. The standard InChI is InChI=1S/C32H32N4O2.2ClH/c1-37-28-13-14-29-30(20-28)31(22-38-27-9-3-2-4-10-27)34-35-32(29)33-26-15-17-36(18-16-26)21-23-11-12-24-7-5-6-8-25(24)19-23;;/h2-14,19-20,26H,15-18,21-22H2,1H3,(H,33,35);2*1H. The lowest BCUT2D eigenvalue weighted by Crippen LogP contribution is -2.38. The molecule has 4 aromatic carbocycles. The minimum Gasteiger partial charge on any atom is -0.497 e. The molecular weight excluding hydrogens is 543 g/mol. The maximum Gasteiger partial charge on any atom is 0.156 e. The Hall–Kier alpha value is -3.58. The zero-order valence-corrected chi connectivity index (χ0v) is 24.1. The predicted octanol–water partition coefficient (Wildman–Crippen LogP) is 7.29. The van der Waals surface area contributed by atoms with Crippen molar-refractivity contribution in [2.24, 2.45) is 0 Å². The summed E-state index contributed by atoms with van der Waals surface area (Å²) in [6, 6.07) is 31.6. The van der Waals surface area contributed by atoms with Gasteiger partial charge in [0.25, 0.3) is 0 Å². The summed E-state index contributed by atoms with van der Waals surface area (Å²) in [7, 11) is 1.68. The van der Waals surface area contributed by atoms with Gasteiger partial charge in [0.2, 0.25) is 0 Å². The molecule has 6 rings (SSSR count). The molecule has 1 aliphatic heterocycles. The maximum atomic E-state index is 5.98. The summed E-state index contributed by atoms with van der Waals surface area (Å²) in [5, 5.41) is 17.5. The lowest BCUT2D eigenvalue weighted by molar-refractivity contribution is 0.211. The largest absolute Gasteiger partial charge is 0.497 e. The Morgan fingerprint density at radius 2 is 1.52 bits per heavy atom. The van der Waals surface area contributed by atoms with Crippen molar-refractivity contribution in [1.29, 1.82) is 0 Å². The van der Waals surface area contributed by atoms with Crippen LogP contribution in [-0.4, -0.2) is 41.3 Å².